The van der Waals surface area contributed by atoms with E-state index in [2.05, 4.69) is 35.4 Å². The highest BCUT2D eigenvalue weighted by molar-refractivity contribution is 7.98. The van der Waals surface area contributed by atoms with E-state index in [-0.39, 0.29) is 0 Å². The van der Waals surface area contributed by atoms with Crippen LogP contribution in [0.5, 0.6) is 0 Å². The number of hydrogen-bond acceptors (Lipinski definition) is 2. The monoisotopic (exact) mass is 200 g/mol. The Labute approximate surface area is 88.2 Å². The van der Waals surface area contributed by atoms with E-state index in [9.17, 15) is 0 Å². The normalized spacial score (nSPS) is 10.0. The largest absolute Gasteiger partial charge is 0.255 e. The molecule has 0 aliphatic heterocycles. The number of aromatic nitrogens is 1. The summed E-state index contributed by atoms with van der Waals surface area (Å²) in [6.07, 6.45) is 4.60. The molecule has 69 valence electrons. The van der Waals surface area contributed by atoms with Gasteiger partial charge in [-0.3, -0.25) is 4.98 Å². The molecular weight excluding hydrogens is 190 g/mol. The second-order valence-electron chi connectivity index (χ2n) is 2.89. The molecule has 14 heavy (non-hydrogen) atoms. The van der Waals surface area contributed by atoms with Crippen molar-refractivity contribution in [3.05, 3.63) is 60.4 Å². The van der Waals surface area contributed by atoms with Gasteiger partial charge in [-0.15, -0.1) is 11.8 Å². The maximum Gasteiger partial charge on any atom is 0.0897 e. The van der Waals surface area contributed by atoms with Gasteiger partial charge in [0.1, 0.15) is 0 Å². The summed E-state index contributed by atoms with van der Waals surface area (Å²) in [6, 6.07) is 14.4. The minimum absolute atomic E-state index is 0.999. The third kappa shape index (κ3) is 2.60. The molecular formula is C12H10NS. The van der Waals surface area contributed by atoms with Crippen molar-refractivity contribution in [3.8, 4) is 0 Å². The summed E-state index contributed by atoms with van der Waals surface area (Å²) < 4.78 is 0. The number of nitrogens with zero attached hydrogens (tertiary/aromatic N) is 1. The van der Waals surface area contributed by atoms with Gasteiger partial charge in [0, 0.05) is 16.8 Å². The number of benzene rings is 1. The van der Waals surface area contributed by atoms with Crippen LogP contribution in [-0.2, 0) is 5.75 Å². The molecule has 0 saturated heterocycles. The highest BCUT2D eigenvalue weighted by atomic mass is 32.2. The van der Waals surface area contributed by atoms with E-state index in [1.807, 2.05) is 18.2 Å². The molecule has 2 heteroatoms. The van der Waals surface area contributed by atoms with Crippen LogP contribution in [0.1, 0.15) is 5.56 Å². The summed E-state index contributed by atoms with van der Waals surface area (Å²) in [5, 5.41) is 0. The molecule has 0 amide bonds. The summed E-state index contributed by atoms with van der Waals surface area (Å²) in [6.45, 7) is 0. The van der Waals surface area contributed by atoms with Gasteiger partial charge in [0.05, 0.1) is 6.20 Å². The molecule has 2 rings (SSSR count). The van der Waals surface area contributed by atoms with Crippen LogP contribution in [0.2, 0.25) is 0 Å². The van der Waals surface area contributed by atoms with Gasteiger partial charge in [-0.05, 0) is 17.7 Å². The van der Waals surface area contributed by atoms with Crippen molar-refractivity contribution in [2.24, 2.45) is 0 Å². The van der Waals surface area contributed by atoms with Crippen molar-refractivity contribution in [2.75, 3.05) is 0 Å². The molecule has 1 aromatic heterocycles. The lowest BCUT2D eigenvalue weighted by molar-refractivity contribution is 1.24. The van der Waals surface area contributed by atoms with E-state index < -0.39 is 0 Å². The third-order valence-corrected chi connectivity index (χ3v) is 2.91. The second-order valence-corrected chi connectivity index (χ2v) is 3.94. The van der Waals surface area contributed by atoms with Gasteiger partial charge in [-0.25, -0.2) is 0 Å². The summed E-state index contributed by atoms with van der Waals surface area (Å²) in [5.41, 5.74) is 1.34. The van der Waals surface area contributed by atoms with Crippen molar-refractivity contribution in [1.82, 2.24) is 4.98 Å². The first-order valence-corrected chi connectivity index (χ1v) is 5.42. The molecule has 1 heterocycles. The Bertz CT molecular complexity index is 333. The smallest absolute Gasteiger partial charge is 0.0897 e. The van der Waals surface area contributed by atoms with Crippen LogP contribution >= 0.6 is 11.8 Å². The molecule has 0 fully saturated rings. The van der Waals surface area contributed by atoms with E-state index in [0.717, 1.165) is 5.75 Å². The minimum atomic E-state index is 0.999. The van der Waals surface area contributed by atoms with Crippen LogP contribution in [-0.4, -0.2) is 4.98 Å². The molecule has 1 nitrogen and oxygen atoms in total. The van der Waals surface area contributed by atoms with Crippen LogP contribution < -0.4 is 0 Å². The maximum absolute atomic E-state index is 3.86. The predicted molar refractivity (Wildman–Crippen MR) is 59.1 cm³/mol. The summed E-state index contributed by atoms with van der Waals surface area (Å²) in [5.74, 6) is 0.999. The Morgan fingerprint density at radius 2 is 2.00 bits per heavy atom. The molecule has 0 aliphatic rings. The number of hydrogen-bond donors (Lipinski definition) is 0. The van der Waals surface area contributed by atoms with Crippen LogP contribution in [0.25, 0.3) is 0 Å². The lowest BCUT2D eigenvalue weighted by Gasteiger charge is -2.00. The molecule has 0 spiro atoms. The van der Waals surface area contributed by atoms with Crippen LogP contribution in [0.15, 0.2) is 53.6 Å². The van der Waals surface area contributed by atoms with Gasteiger partial charge in [0.15, 0.2) is 0 Å². The summed E-state index contributed by atoms with van der Waals surface area (Å²) in [7, 11) is 0. The molecule has 0 bridgehead atoms. The van der Waals surface area contributed by atoms with E-state index >= 15 is 0 Å². The highest BCUT2D eigenvalue weighted by Gasteiger charge is 1.94. The number of rotatable bonds is 3. The lowest BCUT2D eigenvalue weighted by Crippen LogP contribution is -1.79. The SMILES string of the molecule is [c]1cc(SCc2ccccc2)ccn1. The Kier molecular flexibility index (Phi) is 3.19. The molecule has 0 N–H and O–H groups in total. The molecule has 0 saturated carbocycles. The summed E-state index contributed by atoms with van der Waals surface area (Å²) in [4.78, 5) is 5.07. The van der Waals surface area contributed by atoms with Crippen molar-refractivity contribution in [1.29, 1.82) is 0 Å². The average Bonchev–Trinajstić information content (AvgIpc) is 2.29. The fraction of sp³-hybridized carbons (Fsp3) is 0.0833. The van der Waals surface area contributed by atoms with Crippen molar-refractivity contribution in [2.45, 2.75) is 10.6 Å². The van der Waals surface area contributed by atoms with Crippen molar-refractivity contribution >= 4 is 11.8 Å². The molecule has 0 aliphatic carbocycles. The highest BCUT2D eigenvalue weighted by Crippen LogP contribution is 2.21. The zero-order valence-electron chi connectivity index (χ0n) is 7.68. The second kappa shape index (κ2) is 4.82. The van der Waals surface area contributed by atoms with Crippen LogP contribution in [0.3, 0.4) is 0 Å². The topological polar surface area (TPSA) is 12.9 Å². The molecule has 0 unspecified atom stereocenters. The quantitative estimate of drug-likeness (QED) is 0.706. The van der Waals surface area contributed by atoms with Crippen molar-refractivity contribution < 1.29 is 0 Å². The summed E-state index contributed by atoms with van der Waals surface area (Å²) >= 11 is 1.80. The Hall–Kier alpha value is -1.28. The van der Waals surface area contributed by atoms with Gasteiger partial charge < -0.3 is 0 Å². The van der Waals surface area contributed by atoms with Gasteiger partial charge in [-0.2, -0.15) is 0 Å². The zero-order chi connectivity index (χ0) is 9.64. The Balaban J connectivity index is 1.96. The first kappa shape index (κ1) is 9.28. The standard InChI is InChI=1S/C12H10NS/c1-2-4-11(5-3-1)10-14-12-6-8-13-9-7-12/h1-8H,10H2. The average molecular weight is 200 g/mol. The van der Waals surface area contributed by atoms with Gasteiger partial charge in [-0.1, -0.05) is 30.3 Å². The first-order chi connectivity index (χ1) is 6.95. The van der Waals surface area contributed by atoms with E-state index in [0.29, 0.717) is 0 Å². The molecule has 2 aromatic rings. The minimum Gasteiger partial charge on any atom is -0.255 e. The van der Waals surface area contributed by atoms with E-state index in [1.165, 1.54) is 10.5 Å². The fourth-order valence-corrected chi connectivity index (χ4v) is 1.95. The number of thioether (sulfide) groups is 1. The first-order valence-electron chi connectivity index (χ1n) is 4.44. The van der Waals surface area contributed by atoms with E-state index in [1.54, 1.807) is 18.0 Å². The maximum atomic E-state index is 3.86. The Morgan fingerprint density at radius 1 is 1.14 bits per heavy atom. The van der Waals surface area contributed by atoms with Crippen LogP contribution in [0.4, 0.5) is 0 Å². The predicted octanol–water partition coefficient (Wildman–Crippen LogP) is 3.17. The van der Waals surface area contributed by atoms with Gasteiger partial charge in [0.2, 0.25) is 0 Å². The van der Waals surface area contributed by atoms with Crippen LogP contribution in [0, 0.1) is 6.20 Å². The zero-order valence-corrected chi connectivity index (χ0v) is 8.50. The van der Waals surface area contributed by atoms with Crippen molar-refractivity contribution in [3.63, 3.8) is 0 Å². The molecule has 0 atom stereocenters. The Morgan fingerprint density at radius 3 is 2.71 bits per heavy atom. The van der Waals surface area contributed by atoms with E-state index in [4.69, 9.17) is 0 Å². The molecule has 1 aromatic carbocycles. The van der Waals surface area contributed by atoms with Gasteiger partial charge in [0.25, 0.3) is 0 Å². The van der Waals surface area contributed by atoms with Gasteiger partial charge >= 0.3 is 0 Å². The lowest BCUT2D eigenvalue weighted by atomic mass is 10.2. The number of pyridine rings is 1. The third-order valence-electron chi connectivity index (χ3n) is 1.84. The molecule has 1 radical (unpaired) electrons. The fourth-order valence-electron chi connectivity index (χ4n) is 1.13.